The van der Waals surface area contributed by atoms with Gasteiger partial charge in [0.15, 0.2) is 0 Å². The van der Waals surface area contributed by atoms with E-state index in [-0.39, 0.29) is 30.2 Å². The summed E-state index contributed by atoms with van der Waals surface area (Å²) in [4.78, 5) is 79.6. The quantitative estimate of drug-likeness (QED) is 0.0398. The van der Waals surface area contributed by atoms with E-state index in [2.05, 4.69) is 51.3 Å². The molecule has 352 valence electrons. The number of aromatic hydroxyl groups is 2. The van der Waals surface area contributed by atoms with E-state index < -0.39 is 41.7 Å². The molecule has 0 unspecified atom stereocenters. The van der Waals surface area contributed by atoms with Crippen molar-refractivity contribution in [2.75, 3.05) is 51.0 Å². The largest absolute Gasteiger partial charge is 0.508 e. The van der Waals surface area contributed by atoms with Gasteiger partial charge in [-0.25, -0.2) is 29.5 Å². The van der Waals surface area contributed by atoms with Crippen LogP contribution >= 0.6 is 22.9 Å². The number of carbonyl (C=O) groups excluding carboxylic acids is 5. The molecule has 0 aliphatic heterocycles. The van der Waals surface area contributed by atoms with Crippen molar-refractivity contribution in [3.05, 3.63) is 115 Å². The number of halogens is 1. The number of amides is 3. The van der Waals surface area contributed by atoms with Gasteiger partial charge >= 0.3 is 11.9 Å². The molecule has 0 spiro atoms. The standard InChI is InChI=1S/C25H28ClN5O5S.C20H27N5O4/c1-14-20(15(2)30-25(29-14)27-10-5-7-16-6-4-8-17(32)12-16)22(33)31-19(24(35)36-3)13-28-23(34)21-18(26)9-11-37-21;1-12-17(18(27)25-16(11-21)19(28)29-3)13(2)24-20(23-12)22-9-5-7-14-6-4-8-15(26)10-14/h4,6,8-9,11-12,19,32H,5,7,10,13H2,1-3H3,(H,28,34)(H,31,33)(H,27,29,30);4,6,8,10,16,26H,5,7,9,11,21H2,1-3H3,(H,25,27)(H,22,23,24)/t19-;16-/m00/s1. The number of anilines is 2. The van der Waals surface area contributed by atoms with Gasteiger partial charge in [0.05, 0.1) is 53.1 Å². The average molecular weight is 948 g/mol. The van der Waals surface area contributed by atoms with Crippen molar-refractivity contribution in [3.63, 3.8) is 0 Å². The highest BCUT2D eigenvalue weighted by Gasteiger charge is 2.27. The fraction of sp³-hybridized carbons (Fsp3) is 0.356. The Morgan fingerprint density at radius 3 is 1.52 bits per heavy atom. The fourth-order valence-electron chi connectivity index (χ4n) is 6.54. The maximum atomic E-state index is 13.0. The number of rotatable bonds is 20. The third kappa shape index (κ3) is 15.4. The molecule has 0 bridgehead atoms. The number of aryl methyl sites for hydroxylation is 6. The molecule has 66 heavy (non-hydrogen) atoms. The first kappa shape index (κ1) is 51.7. The summed E-state index contributed by atoms with van der Waals surface area (Å²) >= 11 is 7.15. The molecule has 0 saturated heterocycles. The molecule has 0 saturated carbocycles. The van der Waals surface area contributed by atoms with Crippen LogP contribution < -0.4 is 32.3 Å². The summed E-state index contributed by atoms with van der Waals surface area (Å²) in [6.07, 6.45) is 3.18. The van der Waals surface area contributed by atoms with Crippen LogP contribution in [0.15, 0.2) is 60.0 Å². The molecule has 9 N–H and O–H groups in total. The van der Waals surface area contributed by atoms with E-state index in [9.17, 15) is 34.2 Å². The molecular formula is C45H55ClN10O9S. The lowest BCUT2D eigenvalue weighted by Crippen LogP contribution is -2.49. The second-order valence-corrected chi connectivity index (χ2v) is 16.1. The van der Waals surface area contributed by atoms with Gasteiger partial charge in [0.2, 0.25) is 11.9 Å². The summed E-state index contributed by atoms with van der Waals surface area (Å²) in [6, 6.07) is 13.8. The van der Waals surface area contributed by atoms with Crippen molar-refractivity contribution >= 4 is 64.5 Å². The number of nitrogens with zero attached hydrogens (tertiary/aromatic N) is 4. The van der Waals surface area contributed by atoms with E-state index in [0.29, 0.717) is 63.2 Å². The fourth-order valence-corrected chi connectivity index (χ4v) is 7.60. The minimum atomic E-state index is -1.13. The van der Waals surface area contributed by atoms with Crippen LogP contribution in [0.2, 0.25) is 5.02 Å². The molecule has 19 nitrogen and oxygen atoms in total. The van der Waals surface area contributed by atoms with Gasteiger partial charge in [-0.2, -0.15) is 0 Å². The Bertz CT molecular complexity index is 2440. The normalized spacial score (nSPS) is 11.5. The van der Waals surface area contributed by atoms with Crippen LogP contribution in [0.5, 0.6) is 11.5 Å². The second-order valence-electron chi connectivity index (χ2n) is 14.7. The van der Waals surface area contributed by atoms with Crippen LogP contribution in [0.1, 0.15) is 77.1 Å². The summed E-state index contributed by atoms with van der Waals surface area (Å²) in [7, 11) is 2.43. The second kappa shape index (κ2) is 25.6. The summed E-state index contributed by atoms with van der Waals surface area (Å²) in [5.41, 5.74) is 9.97. The molecular weight excluding hydrogens is 892 g/mol. The lowest BCUT2D eigenvalue weighted by atomic mass is 10.1. The molecule has 3 aromatic heterocycles. The maximum Gasteiger partial charge on any atom is 0.330 e. The van der Waals surface area contributed by atoms with Crippen LogP contribution in [0, 0.1) is 27.7 Å². The van der Waals surface area contributed by atoms with Gasteiger partial charge in [-0.05, 0) is 100 Å². The molecule has 3 amide bonds. The van der Waals surface area contributed by atoms with E-state index >= 15 is 0 Å². The molecule has 5 rings (SSSR count). The van der Waals surface area contributed by atoms with Crippen LogP contribution in [0.4, 0.5) is 11.9 Å². The van der Waals surface area contributed by atoms with Gasteiger partial charge in [-0.15, -0.1) is 11.3 Å². The molecule has 0 aliphatic rings. The Balaban J connectivity index is 0.000000297. The first-order valence-electron chi connectivity index (χ1n) is 20.8. The number of methoxy groups -OCH3 is 2. The highest BCUT2D eigenvalue weighted by molar-refractivity contribution is 7.12. The molecule has 5 aromatic rings. The highest BCUT2D eigenvalue weighted by atomic mass is 35.5. The first-order valence-corrected chi connectivity index (χ1v) is 22.0. The predicted octanol–water partition coefficient (Wildman–Crippen LogP) is 4.33. The monoisotopic (exact) mass is 946 g/mol. The number of nitrogens with two attached hydrogens (primary N) is 1. The number of carbonyl (C=O) groups is 5. The third-order valence-corrected chi connectivity index (χ3v) is 11.1. The number of esters is 2. The van der Waals surface area contributed by atoms with Crippen molar-refractivity contribution in [1.29, 1.82) is 0 Å². The number of phenols is 2. The first-order chi connectivity index (χ1) is 31.5. The number of benzene rings is 2. The van der Waals surface area contributed by atoms with Crippen molar-refractivity contribution in [3.8, 4) is 11.5 Å². The molecule has 0 radical (unpaired) electrons. The van der Waals surface area contributed by atoms with E-state index in [4.69, 9.17) is 22.1 Å². The summed E-state index contributed by atoms with van der Waals surface area (Å²) in [5, 5.41) is 35.1. The molecule has 2 atom stereocenters. The highest BCUT2D eigenvalue weighted by Crippen LogP contribution is 2.22. The molecule has 0 fully saturated rings. The average Bonchev–Trinajstić information content (AvgIpc) is 3.72. The number of hydrogen-bond acceptors (Lipinski definition) is 17. The van der Waals surface area contributed by atoms with Crippen LogP contribution in [0.25, 0.3) is 0 Å². The van der Waals surface area contributed by atoms with Gasteiger partial charge in [0.1, 0.15) is 28.5 Å². The summed E-state index contributed by atoms with van der Waals surface area (Å²) in [5.74, 6) is -1.53. The number of thiophene rings is 1. The minimum absolute atomic E-state index is 0.0732. The minimum Gasteiger partial charge on any atom is -0.508 e. The molecule has 21 heteroatoms. The lowest BCUT2D eigenvalue weighted by molar-refractivity contribution is -0.143. The topological polar surface area (TPSA) is 282 Å². The zero-order valence-electron chi connectivity index (χ0n) is 37.5. The Morgan fingerprint density at radius 2 is 1.12 bits per heavy atom. The van der Waals surface area contributed by atoms with Crippen molar-refractivity contribution in [1.82, 2.24) is 35.9 Å². The van der Waals surface area contributed by atoms with Crippen LogP contribution in [-0.4, -0.2) is 112 Å². The number of hydrogen-bond donors (Lipinski definition) is 8. The predicted molar refractivity (Wildman–Crippen MR) is 250 cm³/mol. The summed E-state index contributed by atoms with van der Waals surface area (Å²) in [6.45, 7) is 7.73. The van der Waals surface area contributed by atoms with Gasteiger partial charge in [-0.3, -0.25) is 14.4 Å². The van der Waals surface area contributed by atoms with E-state index in [1.807, 2.05) is 18.2 Å². The lowest BCUT2D eigenvalue weighted by Gasteiger charge is -2.18. The number of aromatic nitrogens is 4. The molecule has 0 aliphatic carbocycles. The number of phenolic OH excluding ortho intramolecular Hbond substituents is 2. The van der Waals surface area contributed by atoms with Gasteiger partial charge in [0, 0.05) is 26.2 Å². The van der Waals surface area contributed by atoms with Gasteiger partial charge in [-0.1, -0.05) is 35.9 Å². The van der Waals surface area contributed by atoms with E-state index in [1.54, 1.807) is 69.5 Å². The zero-order valence-corrected chi connectivity index (χ0v) is 39.1. The SMILES string of the molecule is COC(=O)[C@H](CN)NC(=O)c1c(C)nc(NCCCc2cccc(O)c2)nc1C.COC(=O)[C@H](CNC(=O)c1sccc1Cl)NC(=O)c1c(C)nc(NCCCc2cccc(O)c2)nc1C. The molecule has 2 aromatic carbocycles. The van der Waals surface area contributed by atoms with Gasteiger partial charge < -0.3 is 52.0 Å². The van der Waals surface area contributed by atoms with Gasteiger partial charge in [0.25, 0.3) is 17.7 Å². The zero-order chi connectivity index (χ0) is 48.3. The molecule has 3 heterocycles. The Kier molecular flexibility index (Phi) is 20.0. The van der Waals surface area contributed by atoms with Crippen molar-refractivity contribution < 1.29 is 43.7 Å². The number of ether oxygens (including phenoxy) is 2. The van der Waals surface area contributed by atoms with Crippen LogP contribution in [-0.2, 0) is 31.9 Å². The van der Waals surface area contributed by atoms with Crippen LogP contribution in [0.3, 0.4) is 0 Å². The maximum absolute atomic E-state index is 13.0. The van der Waals surface area contributed by atoms with Crippen molar-refractivity contribution in [2.24, 2.45) is 5.73 Å². The van der Waals surface area contributed by atoms with Crippen molar-refractivity contribution in [2.45, 2.75) is 65.5 Å². The Hall–Kier alpha value is -6.90. The smallest absolute Gasteiger partial charge is 0.330 e. The van der Waals surface area contributed by atoms with E-state index in [1.165, 1.54) is 25.6 Å². The van der Waals surface area contributed by atoms with E-state index in [0.717, 1.165) is 36.8 Å². The number of nitrogens with one attached hydrogen (secondary N) is 5. The third-order valence-electron chi connectivity index (χ3n) is 9.78. The summed E-state index contributed by atoms with van der Waals surface area (Å²) < 4.78 is 9.41. The Labute approximate surface area is 391 Å². The Morgan fingerprint density at radius 1 is 0.682 bits per heavy atom.